The molecule has 4 heteroatoms. The maximum atomic E-state index is 2.50. The monoisotopic (exact) mass is 1830 g/mol. The molecule has 2 aliphatic rings. The van der Waals surface area contributed by atoms with E-state index in [0.717, 1.165) is 140 Å². The van der Waals surface area contributed by atoms with E-state index in [1.165, 1.54) is 105 Å². The lowest BCUT2D eigenvalue weighted by Crippen LogP contribution is -2.29. The van der Waals surface area contributed by atoms with Crippen LogP contribution in [0.5, 0.6) is 0 Å². The Hall–Kier alpha value is -18.7. The number of aromatic nitrogens is 2. The van der Waals surface area contributed by atoms with Gasteiger partial charge in [-0.25, -0.2) is 0 Å². The van der Waals surface area contributed by atoms with Gasteiger partial charge in [0.2, 0.25) is 0 Å². The van der Waals surface area contributed by atoms with E-state index in [9.17, 15) is 0 Å². The summed E-state index contributed by atoms with van der Waals surface area (Å²) in [5.41, 5.74) is 45.1. The molecule has 2 aromatic heterocycles. The summed E-state index contributed by atoms with van der Waals surface area (Å²) in [6.07, 6.45) is 0. The normalized spacial score (nSPS) is 13.2. The molecule has 0 spiro atoms. The number of hydrogen-bond acceptors (Lipinski definition) is 2. The van der Waals surface area contributed by atoms with Crippen LogP contribution in [0.2, 0.25) is 0 Å². The first-order chi connectivity index (χ1) is 71.4. The van der Waals surface area contributed by atoms with Gasteiger partial charge in [0.15, 0.2) is 0 Å². The van der Waals surface area contributed by atoms with E-state index in [2.05, 4.69) is 589 Å². The minimum atomic E-state index is -0.741. The van der Waals surface area contributed by atoms with Gasteiger partial charge in [0, 0.05) is 67.0 Å². The smallest absolute Gasteiger partial charge is 0.0714 e. The Kier molecular flexibility index (Phi) is 20.7. The summed E-state index contributed by atoms with van der Waals surface area (Å²) in [4.78, 5) is 4.90. The van der Waals surface area contributed by atoms with Gasteiger partial charge in [0.25, 0.3) is 0 Å². The van der Waals surface area contributed by atoms with Gasteiger partial charge in [-0.2, -0.15) is 0 Å². The van der Waals surface area contributed by atoms with Crippen LogP contribution in [0, 0.1) is 0 Å². The molecule has 674 valence electrons. The highest BCUT2D eigenvalue weighted by Crippen LogP contribution is 2.61. The number of nitrogens with zero attached hydrogens (tertiary/aromatic N) is 4. The Bertz CT molecular complexity index is 9190. The summed E-state index contributed by atoms with van der Waals surface area (Å²) in [5, 5.41) is 4.86. The average Bonchev–Trinajstić information content (AvgIpc) is 1.54. The van der Waals surface area contributed by atoms with Crippen LogP contribution in [0.15, 0.2) is 570 Å². The van der Waals surface area contributed by atoms with Gasteiger partial charge in [0.1, 0.15) is 0 Å². The Morgan fingerprint density at radius 2 is 0.424 bits per heavy atom. The van der Waals surface area contributed by atoms with Crippen LogP contribution in [0.4, 0.5) is 34.1 Å². The molecule has 0 N–H and O–H groups in total. The number of benzene rings is 23. The molecule has 0 saturated heterocycles. The van der Waals surface area contributed by atoms with Crippen molar-refractivity contribution in [1.82, 2.24) is 9.13 Å². The summed E-state index contributed by atoms with van der Waals surface area (Å²) in [6.45, 7) is 0. The van der Waals surface area contributed by atoms with E-state index in [4.69, 9.17) is 0 Å². The molecule has 0 aliphatic heterocycles. The summed E-state index contributed by atoms with van der Waals surface area (Å²) < 4.78 is 4.88. The fourth-order valence-corrected chi connectivity index (χ4v) is 23.7. The van der Waals surface area contributed by atoms with Crippen LogP contribution in [0.3, 0.4) is 0 Å². The van der Waals surface area contributed by atoms with Gasteiger partial charge in [-0.1, -0.05) is 413 Å². The Labute approximate surface area is 838 Å². The lowest BCUT2D eigenvalue weighted by atomic mass is 9.67. The third-order valence-corrected chi connectivity index (χ3v) is 30.2. The predicted molar refractivity (Wildman–Crippen MR) is 603 cm³/mol. The van der Waals surface area contributed by atoms with E-state index in [1.807, 2.05) is 0 Å². The van der Waals surface area contributed by atoms with E-state index >= 15 is 0 Å². The first-order valence-corrected chi connectivity index (χ1v) is 49.8. The van der Waals surface area contributed by atoms with Crippen molar-refractivity contribution >= 4 is 77.7 Å². The fourth-order valence-electron chi connectivity index (χ4n) is 23.7. The summed E-state index contributed by atoms with van der Waals surface area (Å²) in [5.74, 6) is 0. The molecular weight excluding hydrogens is 1740 g/mol. The third kappa shape index (κ3) is 14.3. The highest BCUT2D eigenvalue weighted by Gasteiger charge is 2.49. The second-order valence-electron chi connectivity index (χ2n) is 38.1. The second-order valence-corrected chi connectivity index (χ2v) is 38.1. The Morgan fingerprint density at radius 1 is 0.132 bits per heavy atom. The van der Waals surface area contributed by atoms with Crippen molar-refractivity contribution in [2.75, 3.05) is 9.80 Å². The van der Waals surface area contributed by atoms with E-state index in [1.54, 1.807) is 0 Å². The molecular formula is C140H94N4. The average molecular weight is 1830 g/mol. The van der Waals surface area contributed by atoms with Crippen molar-refractivity contribution in [2.24, 2.45) is 0 Å². The minimum absolute atomic E-state index is 0.544. The summed E-state index contributed by atoms with van der Waals surface area (Å²) in [6, 6.07) is 212. The highest BCUT2D eigenvalue weighted by molar-refractivity contribution is 6.13. The van der Waals surface area contributed by atoms with Crippen molar-refractivity contribution < 1.29 is 0 Å². The van der Waals surface area contributed by atoms with Gasteiger partial charge in [-0.05, 0) is 314 Å². The molecule has 27 rings (SSSR count). The third-order valence-electron chi connectivity index (χ3n) is 30.2. The molecule has 2 aliphatic carbocycles. The Balaban J connectivity index is 0.517. The summed E-state index contributed by atoms with van der Waals surface area (Å²) in [7, 11) is 0. The number of fused-ring (bicyclic) bond motifs is 12. The van der Waals surface area contributed by atoms with E-state index in [0.29, 0.717) is 0 Å². The first-order valence-electron chi connectivity index (χ1n) is 49.8. The lowest BCUT2D eigenvalue weighted by molar-refractivity contribution is 0.768. The largest absolute Gasteiger partial charge is 0.310 e. The van der Waals surface area contributed by atoms with Crippen LogP contribution in [-0.4, -0.2) is 9.13 Å². The maximum absolute atomic E-state index is 2.50. The number of hydrogen-bond donors (Lipinski definition) is 0. The highest BCUT2D eigenvalue weighted by atomic mass is 15.1. The SMILES string of the molecule is c1ccc(-c2cc(-c3cccc(-c4ccc5c6cc(-c7ccccc7)ccc6n(-c6ccccc6)c5c4)c3)cc(N(c3ccccc3)c3ccc4c(c3)C(c3ccccc3)(c3cccc(-c5cccc(-c6ccc(-n7c8ccccc8c8ccc(-c9cccc(-c%10cccc(N(c%11ccccc%11)c%11ccc%12c(c%11)C(c%11ccccc%11)(c%11ccccc%11)c%11ccccc%11-%12)c%10)c9)cc87)cc6)c5)c3)c3ccccc3-4)c2)cc1. The fraction of sp³-hybridized carbons (Fsp3) is 0.0143. The van der Waals surface area contributed by atoms with Gasteiger partial charge in [-0.3, -0.25) is 0 Å². The zero-order valence-corrected chi connectivity index (χ0v) is 79.1. The Morgan fingerprint density at radius 3 is 0.944 bits per heavy atom. The molecule has 2 heterocycles. The zero-order valence-electron chi connectivity index (χ0n) is 79.1. The van der Waals surface area contributed by atoms with Crippen molar-refractivity contribution in [2.45, 2.75) is 10.8 Å². The molecule has 25 aromatic rings. The lowest BCUT2D eigenvalue weighted by Gasteiger charge is -2.35. The van der Waals surface area contributed by atoms with Crippen molar-refractivity contribution in [3.63, 3.8) is 0 Å². The van der Waals surface area contributed by atoms with Crippen LogP contribution in [-0.2, 0) is 10.8 Å². The standard InChI is InChI=1S/C140H94N4/c1-9-36-95(37-10-1)106-72-81-136-130(90-106)129-78-71-108(92-138(129)143(136)117-59-23-8-24-60-117)102-44-33-45-103(84-102)110-85-109(96-38-11-2-12-39-96)88-122(89-110)142(116-57-21-7-22-58-116)121-76-80-126-124-63-26-29-66-132(124)140(134(126)94-121,113-52-17-5-18-53-113)114-54-34-46-104(86-114)99-41-31-40-98(82-99)97-68-73-118(74-69-97)144-135-67-30-27-64-127(135)128-77-70-107(91-137(128)144)101-43-32-42-100(83-101)105-47-35-61-119(87-105)141(115-55-19-6-20-56-115)120-75-79-125-123-62-25-28-65-131(123)139(133(125)93-120,111-48-13-3-14-49-111)112-50-15-4-16-51-112/h1-94H. The molecule has 144 heavy (non-hydrogen) atoms. The van der Waals surface area contributed by atoms with Crippen LogP contribution in [0.25, 0.3) is 166 Å². The topological polar surface area (TPSA) is 16.3 Å². The van der Waals surface area contributed by atoms with E-state index in [-0.39, 0.29) is 0 Å². The number of para-hydroxylation sites is 4. The molecule has 0 amide bonds. The van der Waals surface area contributed by atoms with Crippen molar-refractivity contribution in [1.29, 1.82) is 0 Å². The molecule has 0 radical (unpaired) electrons. The molecule has 0 bridgehead atoms. The predicted octanol–water partition coefficient (Wildman–Crippen LogP) is 36.9. The zero-order chi connectivity index (χ0) is 95.2. The molecule has 0 saturated carbocycles. The van der Waals surface area contributed by atoms with Gasteiger partial charge < -0.3 is 18.9 Å². The van der Waals surface area contributed by atoms with Gasteiger partial charge in [-0.15, -0.1) is 0 Å². The maximum Gasteiger partial charge on any atom is 0.0714 e. The van der Waals surface area contributed by atoms with E-state index < -0.39 is 10.8 Å². The van der Waals surface area contributed by atoms with Gasteiger partial charge >= 0.3 is 0 Å². The molecule has 23 aromatic carbocycles. The minimum Gasteiger partial charge on any atom is -0.310 e. The molecule has 1 unspecified atom stereocenters. The molecule has 1 atom stereocenters. The number of anilines is 6. The van der Waals surface area contributed by atoms with Crippen molar-refractivity contribution in [3.05, 3.63) is 615 Å². The summed E-state index contributed by atoms with van der Waals surface area (Å²) >= 11 is 0. The first kappa shape index (κ1) is 84.5. The number of rotatable bonds is 20. The molecule has 0 fully saturated rings. The van der Waals surface area contributed by atoms with Crippen LogP contribution in [0.1, 0.15) is 44.5 Å². The van der Waals surface area contributed by atoms with Crippen molar-refractivity contribution in [3.8, 4) is 123 Å². The quantitative estimate of drug-likeness (QED) is 0.0756. The molecule has 4 nitrogen and oxygen atoms in total. The van der Waals surface area contributed by atoms with Gasteiger partial charge in [0.05, 0.1) is 32.9 Å². The van der Waals surface area contributed by atoms with Crippen LogP contribution < -0.4 is 9.80 Å². The van der Waals surface area contributed by atoms with Crippen LogP contribution >= 0.6 is 0 Å². The second kappa shape index (κ2) is 35.3.